The van der Waals surface area contributed by atoms with Crippen molar-refractivity contribution in [2.45, 2.75) is 17.3 Å². The molecule has 1 atom stereocenters. The van der Waals surface area contributed by atoms with Gasteiger partial charge in [-0.3, -0.25) is 19.3 Å². The van der Waals surface area contributed by atoms with Crippen molar-refractivity contribution in [3.63, 3.8) is 0 Å². The number of nitrogens with zero attached hydrogens (tertiary/aromatic N) is 4. The van der Waals surface area contributed by atoms with E-state index in [1.165, 1.54) is 37.1 Å². The van der Waals surface area contributed by atoms with Gasteiger partial charge in [0.15, 0.2) is 5.16 Å². The van der Waals surface area contributed by atoms with Crippen LogP contribution < -0.4 is 10.1 Å². The zero-order valence-electron chi connectivity index (χ0n) is 18.3. The van der Waals surface area contributed by atoms with Gasteiger partial charge in [-0.1, -0.05) is 36.0 Å². The lowest BCUT2D eigenvalue weighted by atomic mass is 10.2. The molecule has 1 N–H and O–H groups in total. The smallest absolute Gasteiger partial charge is 0.271 e. The van der Waals surface area contributed by atoms with Gasteiger partial charge >= 0.3 is 0 Å². The van der Waals surface area contributed by atoms with Crippen LogP contribution in [0.4, 0.5) is 11.4 Å². The van der Waals surface area contributed by atoms with Gasteiger partial charge in [0.2, 0.25) is 5.91 Å². The number of fused-ring (bicyclic) bond motifs is 5. The van der Waals surface area contributed by atoms with Gasteiger partial charge in [-0.15, -0.1) is 0 Å². The van der Waals surface area contributed by atoms with Crippen LogP contribution in [-0.4, -0.2) is 37.6 Å². The number of thioether (sulfide) groups is 1. The topological polar surface area (TPSA) is 112 Å². The molecule has 1 amide bonds. The predicted octanol–water partition coefficient (Wildman–Crippen LogP) is 5.07. The second-order valence-electron chi connectivity index (χ2n) is 7.56. The molecule has 5 aromatic rings. The molecule has 10 heteroatoms. The number of anilines is 1. The first-order valence-corrected chi connectivity index (χ1v) is 11.3. The van der Waals surface area contributed by atoms with Gasteiger partial charge in [0.1, 0.15) is 11.4 Å². The van der Waals surface area contributed by atoms with Crippen molar-refractivity contribution in [3.05, 3.63) is 76.8 Å². The van der Waals surface area contributed by atoms with E-state index in [1.54, 1.807) is 6.92 Å². The van der Waals surface area contributed by atoms with E-state index in [0.29, 0.717) is 10.9 Å². The molecule has 0 bridgehead atoms. The normalized spacial score (nSPS) is 12.2. The fraction of sp³-hybridized carbons (Fsp3) is 0.125. The number of para-hydroxylation sites is 3. The molecule has 9 nitrogen and oxygen atoms in total. The number of imidazole rings is 1. The third-order valence-electron chi connectivity index (χ3n) is 5.42. The average molecular weight is 474 g/mol. The number of aromatic nitrogens is 3. The molecule has 170 valence electrons. The Hall–Kier alpha value is -4.18. The van der Waals surface area contributed by atoms with E-state index in [0.717, 1.165) is 27.6 Å². The summed E-state index contributed by atoms with van der Waals surface area (Å²) in [7, 11) is 1.44. The molecule has 0 saturated carbocycles. The van der Waals surface area contributed by atoms with Crippen molar-refractivity contribution in [1.82, 2.24) is 14.4 Å². The van der Waals surface area contributed by atoms with Crippen LogP contribution in [-0.2, 0) is 4.79 Å². The molecular formula is C24H19N5O4S. The second kappa shape index (κ2) is 8.64. The Bertz CT molecular complexity index is 1580. The Morgan fingerprint density at radius 1 is 1.09 bits per heavy atom. The van der Waals surface area contributed by atoms with Crippen LogP contribution in [0.2, 0.25) is 0 Å². The molecule has 0 fully saturated rings. The summed E-state index contributed by atoms with van der Waals surface area (Å²) in [5, 5.41) is 14.9. The third-order valence-corrected chi connectivity index (χ3v) is 6.47. The highest BCUT2D eigenvalue weighted by Crippen LogP contribution is 2.33. The number of rotatable bonds is 6. The number of hydrogen-bond acceptors (Lipinski definition) is 7. The maximum atomic E-state index is 13.1. The van der Waals surface area contributed by atoms with Crippen molar-refractivity contribution in [3.8, 4) is 5.75 Å². The lowest BCUT2D eigenvalue weighted by Gasteiger charge is -2.15. The highest BCUT2D eigenvalue weighted by molar-refractivity contribution is 8.00. The number of nitro benzene ring substituents is 1. The van der Waals surface area contributed by atoms with Gasteiger partial charge in [0, 0.05) is 17.5 Å². The lowest BCUT2D eigenvalue weighted by Crippen LogP contribution is -2.23. The van der Waals surface area contributed by atoms with Gasteiger partial charge in [-0.25, -0.2) is 9.97 Å². The summed E-state index contributed by atoms with van der Waals surface area (Å²) in [6, 6.07) is 19.6. The summed E-state index contributed by atoms with van der Waals surface area (Å²) in [6.07, 6.45) is 0. The molecule has 5 rings (SSSR count). The quantitative estimate of drug-likeness (QED) is 0.159. The number of amides is 1. The van der Waals surface area contributed by atoms with E-state index in [1.807, 2.05) is 52.9 Å². The number of carbonyl (C=O) groups excluding carboxylic acids is 1. The standard InChI is InChI=1S/C24H19N5O4S/c1-14(23(30)26-19-13-15(29(31)32)11-12-21(19)33-2)34-24-27-17-8-4-3-7-16(17)22-25-18-9-5-6-10-20(18)28(22)24/h3-14H,1-2H3,(H,26,30). The fourth-order valence-electron chi connectivity index (χ4n) is 3.75. The Kier molecular flexibility index (Phi) is 5.50. The molecule has 2 heterocycles. The van der Waals surface area contributed by atoms with Gasteiger partial charge in [-0.2, -0.15) is 0 Å². The molecule has 34 heavy (non-hydrogen) atoms. The molecule has 0 radical (unpaired) electrons. The maximum absolute atomic E-state index is 13.1. The molecule has 1 unspecified atom stereocenters. The van der Waals surface area contributed by atoms with E-state index in [2.05, 4.69) is 5.32 Å². The van der Waals surface area contributed by atoms with Crippen molar-refractivity contribution in [1.29, 1.82) is 0 Å². The minimum Gasteiger partial charge on any atom is -0.495 e. The molecule has 0 spiro atoms. The summed E-state index contributed by atoms with van der Waals surface area (Å²) in [5.41, 5.74) is 3.37. The van der Waals surface area contributed by atoms with Gasteiger partial charge < -0.3 is 10.1 Å². The number of methoxy groups -OCH3 is 1. The van der Waals surface area contributed by atoms with E-state index in [-0.39, 0.29) is 17.3 Å². The average Bonchev–Trinajstić information content (AvgIpc) is 3.24. The van der Waals surface area contributed by atoms with E-state index < -0.39 is 10.2 Å². The third kappa shape index (κ3) is 3.77. The number of ether oxygens (including phenoxy) is 1. The van der Waals surface area contributed by atoms with E-state index in [9.17, 15) is 14.9 Å². The van der Waals surface area contributed by atoms with Crippen LogP contribution in [0.3, 0.4) is 0 Å². The minimum absolute atomic E-state index is 0.140. The largest absolute Gasteiger partial charge is 0.495 e. The predicted molar refractivity (Wildman–Crippen MR) is 132 cm³/mol. The first kappa shape index (κ1) is 21.7. The zero-order chi connectivity index (χ0) is 23.8. The van der Waals surface area contributed by atoms with Crippen molar-refractivity contribution >= 4 is 56.6 Å². The molecule has 0 aliphatic rings. The van der Waals surface area contributed by atoms with Crippen LogP contribution in [0, 0.1) is 10.1 Å². The van der Waals surface area contributed by atoms with Crippen molar-refractivity contribution in [2.75, 3.05) is 12.4 Å². The first-order chi connectivity index (χ1) is 16.5. The lowest BCUT2D eigenvalue weighted by molar-refractivity contribution is -0.384. The van der Waals surface area contributed by atoms with Crippen LogP contribution in [0.15, 0.2) is 71.9 Å². The number of nitrogens with one attached hydrogen (secondary N) is 1. The number of carbonyl (C=O) groups is 1. The van der Waals surface area contributed by atoms with Crippen molar-refractivity contribution < 1.29 is 14.5 Å². The van der Waals surface area contributed by atoms with Gasteiger partial charge in [-0.05, 0) is 37.3 Å². The first-order valence-electron chi connectivity index (χ1n) is 10.4. The van der Waals surface area contributed by atoms with Crippen LogP contribution in [0.1, 0.15) is 6.92 Å². The van der Waals surface area contributed by atoms with E-state index in [4.69, 9.17) is 14.7 Å². The monoisotopic (exact) mass is 473 g/mol. The Morgan fingerprint density at radius 3 is 2.59 bits per heavy atom. The number of hydrogen-bond donors (Lipinski definition) is 1. The molecule has 0 aliphatic carbocycles. The Morgan fingerprint density at radius 2 is 1.82 bits per heavy atom. The van der Waals surface area contributed by atoms with Crippen LogP contribution >= 0.6 is 11.8 Å². The maximum Gasteiger partial charge on any atom is 0.271 e. The highest BCUT2D eigenvalue weighted by Gasteiger charge is 2.22. The zero-order valence-corrected chi connectivity index (χ0v) is 19.1. The number of benzene rings is 3. The van der Waals surface area contributed by atoms with Gasteiger partial charge in [0.25, 0.3) is 5.69 Å². The number of nitro groups is 1. The van der Waals surface area contributed by atoms with Crippen molar-refractivity contribution in [2.24, 2.45) is 0 Å². The van der Waals surface area contributed by atoms with Crippen LogP contribution in [0.5, 0.6) is 5.75 Å². The molecule has 3 aromatic carbocycles. The highest BCUT2D eigenvalue weighted by atomic mass is 32.2. The molecule has 2 aromatic heterocycles. The number of non-ortho nitro benzene ring substituents is 1. The molecule has 0 saturated heterocycles. The summed E-state index contributed by atoms with van der Waals surface area (Å²) in [4.78, 5) is 33.3. The minimum atomic E-state index is -0.568. The summed E-state index contributed by atoms with van der Waals surface area (Å²) in [5.74, 6) is -0.000647. The Balaban J connectivity index is 1.52. The summed E-state index contributed by atoms with van der Waals surface area (Å²) < 4.78 is 7.21. The van der Waals surface area contributed by atoms with Gasteiger partial charge in [0.05, 0.1) is 39.5 Å². The van der Waals surface area contributed by atoms with E-state index >= 15 is 0 Å². The summed E-state index contributed by atoms with van der Waals surface area (Å²) in [6.45, 7) is 1.76. The SMILES string of the molecule is COc1ccc([N+](=O)[O-])cc1NC(=O)C(C)Sc1nc2ccccc2c2nc3ccccc3n12. The fourth-order valence-corrected chi connectivity index (χ4v) is 4.67. The van der Waals surface area contributed by atoms with Crippen LogP contribution in [0.25, 0.3) is 27.6 Å². The summed E-state index contributed by atoms with van der Waals surface area (Å²) >= 11 is 1.28. The Labute approximate surface area is 197 Å². The molecule has 0 aliphatic heterocycles. The second-order valence-corrected chi connectivity index (χ2v) is 8.87. The molecular weight excluding hydrogens is 454 g/mol.